The lowest BCUT2D eigenvalue weighted by Gasteiger charge is -2.31. The molecule has 1 aromatic carbocycles. The Balaban J connectivity index is 1.48. The van der Waals surface area contributed by atoms with E-state index in [1.54, 1.807) is 24.5 Å². The molecule has 1 aliphatic rings. The van der Waals surface area contributed by atoms with Gasteiger partial charge in [0.15, 0.2) is 0 Å². The van der Waals surface area contributed by atoms with Gasteiger partial charge in [-0.05, 0) is 37.6 Å². The SMILES string of the molecule is Cn1cnnc1[C@H]1CCCN(Cc2ccc(-c3ccccc3C(=O)O)o2)C1. The Morgan fingerprint density at radius 1 is 1.30 bits per heavy atom. The van der Waals surface area contributed by atoms with E-state index in [1.165, 1.54) is 0 Å². The fourth-order valence-electron chi connectivity index (χ4n) is 3.78. The summed E-state index contributed by atoms with van der Waals surface area (Å²) in [5.41, 5.74) is 0.852. The van der Waals surface area contributed by atoms with Crippen molar-refractivity contribution in [3.63, 3.8) is 0 Å². The Hall–Kier alpha value is -2.93. The Kier molecular flexibility index (Phi) is 4.77. The average Bonchev–Trinajstić information content (AvgIpc) is 3.31. The van der Waals surface area contributed by atoms with Crippen LogP contribution in [0.2, 0.25) is 0 Å². The second-order valence-corrected chi connectivity index (χ2v) is 6.99. The fraction of sp³-hybridized carbons (Fsp3) is 0.350. The quantitative estimate of drug-likeness (QED) is 0.747. The summed E-state index contributed by atoms with van der Waals surface area (Å²) in [6, 6.07) is 10.7. The second kappa shape index (κ2) is 7.36. The first kappa shape index (κ1) is 17.5. The van der Waals surface area contributed by atoms with E-state index in [-0.39, 0.29) is 5.56 Å². The van der Waals surface area contributed by atoms with Crippen LogP contribution in [0.25, 0.3) is 11.3 Å². The number of hydrogen-bond donors (Lipinski definition) is 1. The Morgan fingerprint density at radius 2 is 2.15 bits per heavy atom. The van der Waals surface area contributed by atoms with Gasteiger partial charge in [-0.1, -0.05) is 18.2 Å². The van der Waals surface area contributed by atoms with Crippen molar-refractivity contribution in [2.45, 2.75) is 25.3 Å². The van der Waals surface area contributed by atoms with Gasteiger partial charge in [-0.2, -0.15) is 0 Å². The molecule has 0 aliphatic carbocycles. The van der Waals surface area contributed by atoms with E-state index in [4.69, 9.17) is 4.42 Å². The molecule has 1 fully saturated rings. The van der Waals surface area contributed by atoms with Crippen LogP contribution in [0.4, 0.5) is 0 Å². The molecule has 1 aliphatic heterocycles. The monoisotopic (exact) mass is 366 g/mol. The minimum atomic E-state index is -0.953. The summed E-state index contributed by atoms with van der Waals surface area (Å²) in [4.78, 5) is 13.8. The Labute approximate surface area is 157 Å². The molecule has 0 bridgehead atoms. The number of likely N-dealkylation sites (tertiary alicyclic amines) is 1. The molecule has 3 heterocycles. The number of aryl methyl sites for hydroxylation is 1. The second-order valence-electron chi connectivity index (χ2n) is 6.99. The van der Waals surface area contributed by atoms with Crippen LogP contribution in [0.5, 0.6) is 0 Å². The smallest absolute Gasteiger partial charge is 0.336 e. The van der Waals surface area contributed by atoms with Crippen molar-refractivity contribution in [1.82, 2.24) is 19.7 Å². The maximum atomic E-state index is 11.4. The van der Waals surface area contributed by atoms with Crippen LogP contribution in [-0.4, -0.2) is 43.8 Å². The molecule has 1 saturated heterocycles. The minimum absolute atomic E-state index is 0.249. The van der Waals surface area contributed by atoms with Gasteiger partial charge in [0.1, 0.15) is 23.7 Å². The van der Waals surface area contributed by atoms with Crippen LogP contribution in [0.15, 0.2) is 47.1 Å². The first-order valence-corrected chi connectivity index (χ1v) is 9.09. The third kappa shape index (κ3) is 3.64. The van der Waals surface area contributed by atoms with E-state index in [2.05, 4.69) is 15.1 Å². The van der Waals surface area contributed by atoms with Crippen molar-refractivity contribution in [2.75, 3.05) is 13.1 Å². The molecule has 4 rings (SSSR count). The van der Waals surface area contributed by atoms with Crippen molar-refractivity contribution in [1.29, 1.82) is 0 Å². The number of piperidine rings is 1. The lowest BCUT2D eigenvalue weighted by molar-refractivity contribution is 0.0697. The highest BCUT2D eigenvalue weighted by Crippen LogP contribution is 2.29. The van der Waals surface area contributed by atoms with Gasteiger partial charge >= 0.3 is 5.97 Å². The van der Waals surface area contributed by atoms with E-state index >= 15 is 0 Å². The van der Waals surface area contributed by atoms with Crippen LogP contribution in [0.3, 0.4) is 0 Å². The van der Waals surface area contributed by atoms with E-state index in [1.807, 2.05) is 29.8 Å². The zero-order chi connectivity index (χ0) is 18.8. The lowest BCUT2D eigenvalue weighted by atomic mass is 9.97. The molecular weight excluding hydrogens is 344 g/mol. The molecule has 1 N–H and O–H groups in total. The summed E-state index contributed by atoms with van der Waals surface area (Å²) in [5.74, 6) is 1.86. The normalized spacial score (nSPS) is 17.9. The van der Waals surface area contributed by atoms with E-state index in [9.17, 15) is 9.90 Å². The summed E-state index contributed by atoms with van der Waals surface area (Å²) >= 11 is 0. The average molecular weight is 366 g/mol. The van der Waals surface area contributed by atoms with Crippen LogP contribution in [0.1, 0.15) is 40.7 Å². The van der Waals surface area contributed by atoms with Gasteiger partial charge in [0.2, 0.25) is 0 Å². The predicted molar refractivity (Wildman–Crippen MR) is 99.4 cm³/mol. The van der Waals surface area contributed by atoms with E-state index in [0.29, 0.717) is 23.8 Å². The van der Waals surface area contributed by atoms with Gasteiger partial charge in [-0.15, -0.1) is 10.2 Å². The number of carboxylic acids is 1. The number of carboxylic acid groups (broad SMARTS) is 1. The molecule has 7 heteroatoms. The number of furan rings is 1. The third-order valence-corrected chi connectivity index (χ3v) is 5.08. The predicted octanol–water partition coefficient (Wildman–Crippen LogP) is 3.15. The fourth-order valence-corrected chi connectivity index (χ4v) is 3.78. The number of hydrogen-bond acceptors (Lipinski definition) is 5. The molecule has 1 atom stereocenters. The van der Waals surface area contributed by atoms with Gasteiger partial charge in [-0.25, -0.2) is 4.79 Å². The summed E-state index contributed by atoms with van der Waals surface area (Å²) < 4.78 is 7.96. The van der Waals surface area contributed by atoms with Gasteiger partial charge in [-0.3, -0.25) is 4.90 Å². The molecule has 0 spiro atoms. The number of aromatic nitrogens is 3. The zero-order valence-corrected chi connectivity index (χ0v) is 15.2. The highest BCUT2D eigenvalue weighted by atomic mass is 16.4. The number of carbonyl (C=O) groups is 1. The Morgan fingerprint density at radius 3 is 2.93 bits per heavy atom. The minimum Gasteiger partial charge on any atom is -0.478 e. The highest BCUT2D eigenvalue weighted by Gasteiger charge is 2.25. The first-order valence-electron chi connectivity index (χ1n) is 9.09. The van der Waals surface area contributed by atoms with Gasteiger partial charge < -0.3 is 14.1 Å². The third-order valence-electron chi connectivity index (χ3n) is 5.08. The summed E-state index contributed by atoms with van der Waals surface area (Å²) in [7, 11) is 1.98. The van der Waals surface area contributed by atoms with Gasteiger partial charge in [0.05, 0.1) is 12.1 Å². The molecule has 3 aromatic rings. The van der Waals surface area contributed by atoms with Crippen LogP contribution in [0, 0.1) is 0 Å². The van der Waals surface area contributed by atoms with Crippen LogP contribution < -0.4 is 0 Å². The summed E-state index contributed by atoms with van der Waals surface area (Å²) in [6.07, 6.45) is 3.96. The van der Waals surface area contributed by atoms with Crippen LogP contribution >= 0.6 is 0 Å². The molecule has 2 aromatic heterocycles. The molecule has 0 unspecified atom stereocenters. The standard InChI is InChI=1S/C20H22N4O3/c1-23-13-21-22-19(23)14-5-4-10-24(11-14)12-15-8-9-18(27-15)16-6-2-3-7-17(16)20(25)26/h2-3,6-9,13-14H,4-5,10-12H2,1H3,(H,25,26)/t14-/m0/s1. The van der Waals surface area contributed by atoms with Crippen molar-refractivity contribution in [3.8, 4) is 11.3 Å². The molecule has 140 valence electrons. The number of nitrogens with zero attached hydrogens (tertiary/aromatic N) is 4. The number of benzene rings is 1. The van der Waals surface area contributed by atoms with Gasteiger partial charge in [0, 0.05) is 25.1 Å². The topological polar surface area (TPSA) is 84.4 Å². The number of rotatable bonds is 5. The molecule has 0 saturated carbocycles. The van der Waals surface area contributed by atoms with Crippen molar-refractivity contribution in [3.05, 3.63) is 59.9 Å². The van der Waals surface area contributed by atoms with Crippen molar-refractivity contribution < 1.29 is 14.3 Å². The zero-order valence-electron chi connectivity index (χ0n) is 15.2. The largest absolute Gasteiger partial charge is 0.478 e. The molecule has 0 radical (unpaired) electrons. The highest BCUT2D eigenvalue weighted by molar-refractivity contribution is 5.95. The van der Waals surface area contributed by atoms with Gasteiger partial charge in [0.25, 0.3) is 0 Å². The molecule has 7 nitrogen and oxygen atoms in total. The molecule has 0 amide bonds. The van der Waals surface area contributed by atoms with E-state index in [0.717, 1.165) is 37.5 Å². The van der Waals surface area contributed by atoms with Crippen LogP contribution in [-0.2, 0) is 13.6 Å². The first-order chi connectivity index (χ1) is 13.1. The number of aromatic carboxylic acids is 1. The van der Waals surface area contributed by atoms with E-state index < -0.39 is 5.97 Å². The molecular formula is C20H22N4O3. The van der Waals surface area contributed by atoms with Crippen molar-refractivity contribution >= 4 is 5.97 Å². The maximum absolute atomic E-state index is 11.4. The Bertz CT molecular complexity index is 946. The summed E-state index contributed by atoms with van der Waals surface area (Å²) in [5, 5.41) is 17.6. The maximum Gasteiger partial charge on any atom is 0.336 e. The summed E-state index contributed by atoms with van der Waals surface area (Å²) in [6.45, 7) is 2.62. The molecule has 27 heavy (non-hydrogen) atoms. The van der Waals surface area contributed by atoms with Crippen molar-refractivity contribution in [2.24, 2.45) is 7.05 Å². The lowest BCUT2D eigenvalue weighted by Crippen LogP contribution is -2.34.